The number of benzene rings is 3. The van der Waals surface area contributed by atoms with Crippen molar-refractivity contribution >= 4 is 11.9 Å². The molecule has 0 amide bonds. The quantitative estimate of drug-likeness (QED) is 0.170. The summed E-state index contributed by atoms with van der Waals surface area (Å²) < 4.78 is 21.8. The number of esters is 2. The molecular formula is C29H28O7. The standard InChI is InChI=1S/C29H28O7/c1-19(2)28(31)35-26-12-10-25(11-13-26)34-16-15-33-24-8-5-21(6-9-24)22-7-14-27(23(17-22)18-30)36-29(32)20(3)4/h5-14,17,30H,1,3,15-16,18H2,2,4H3. The maximum atomic E-state index is 11.8. The van der Waals surface area contributed by atoms with E-state index in [-0.39, 0.29) is 12.2 Å². The Morgan fingerprint density at radius 1 is 0.694 bits per heavy atom. The molecular weight excluding hydrogens is 460 g/mol. The van der Waals surface area contributed by atoms with Crippen molar-refractivity contribution < 1.29 is 33.6 Å². The van der Waals surface area contributed by atoms with E-state index in [2.05, 4.69) is 13.2 Å². The summed E-state index contributed by atoms with van der Waals surface area (Å²) in [6.07, 6.45) is 0. The van der Waals surface area contributed by atoms with Crippen LogP contribution in [0.25, 0.3) is 11.1 Å². The molecule has 3 rings (SSSR count). The van der Waals surface area contributed by atoms with E-state index in [4.69, 9.17) is 18.9 Å². The van der Waals surface area contributed by atoms with Crippen molar-refractivity contribution in [3.05, 3.63) is 96.6 Å². The summed E-state index contributed by atoms with van der Waals surface area (Å²) in [4.78, 5) is 23.3. The number of hydrogen-bond donors (Lipinski definition) is 1. The lowest BCUT2D eigenvalue weighted by molar-refractivity contribution is -0.131. The highest BCUT2D eigenvalue weighted by Gasteiger charge is 2.11. The average Bonchev–Trinajstić information content (AvgIpc) is 2.88. The van der Waals surface area contributed by atoms with E-state index in [1.807, 2.05) is 30.3 Å². The number of rotatable bonds is 11. The zero-order valence-corrected chi connectivity index (χ0v) is 20.3. The van der Waals surface area contributed by atoms with Crippen LogP contribution in [-0.4, -0.2) is 30.3 Å². The molecule has 0 aliphatic heterocycles. The summed E-state index contributed by atoms with van der Waals surface area (Å²) >= 11 is 0. The van der Waals surface area contributed by atoms with Gasteiger partial charge in [0.25, 0.3) is 0 Å². The van der Waals surface area contributed by atoms with Crippen LogP contribution in [-0.2, 0) is 16.2 Å². The highest BCUT2D eigenvalue weighted by Crippen LogP contribution is 2.29. The molecule has 0 bridgehead atoms. The number of carbonyl (C=O) groups is 2. The van der Waals surface area contributed by atoms with Gasteiger partial charge in [-0.1, -0.05) is 31.4 Å². The van der Waals surface area contributed by atoms with Crippen LogP contribution in [0.2, 0.25) is 0 Å². The van der Waals surface area contributed by atoms with Crippen molar-refractivity contribution in [2.24, 2.45) is 0 Å². The monoisotopic (exact) mass is 488 g/mol. The van der Waals surface area contributed by atoms with Gasteiger partial charge in [0.2, 0.25) is 0 Å². The summed E-state index contributed by atoms with van der Waals surface area (Å²) in [6.45, 7) is 10.7. The van der Waals surface area contributed by atoms with Crippen LogP contribution < -0.4 is 18.9 Å². The summed E-state index contributed by atoms with van der Waals surface area (Å²) in [6, 6.07) is 19.4. The van der Waals surface area contributed by atoms with Crippen molar-refractivity contribution in [3.63, 3.8) is 0 Å². The second-order valence-corrected chi connectivity index (χ2v) is 8.01. The molecule has 0 unspecified atom stereocenters. The van der Waals surface area contributed by atoms with Crippen molar-refractivity contribution in [1.29, 1.82) is 0 Å². The second kappa shape index (κ2) is 12.4. The van der Waals surface area contributed by atoms with Gasteiger partial charge in [0.05, 0.1) is 6.61 Å². The molecule has 0 fully saturated rings. The van der Waals surface area contributed by atoms with Crippen molar-refractivity contribution in [2.75, 3.05) is 13.2 Å². The molecule has 36 heavy (non-hydrogen) atoms. The fraction of sp³-hybridized carbons (Fsp3) is 0.172. The number of hydrogen-bond acceptors (Lipinski definition) is 7. The second-order valence-electron chi connectivity index (χ2n) is 8.01. The Bertz CT molecular complexity index is 1240. The minimum absolute atomic E-state index is 0.268. The summed E-state index contributed by atoms with van der Waals surface area (Å²) in [5, 5.41) is 9.69. The predicted octanol–water partition coefficient (Wildman–Crippen LogP) is 5.27. The zero-order valence-electron chi connectivity index (χ0n) is 20.3. The first-order valence-corrected chi connectivity index (χ1v) is 11.2. The molecule has 0 saturated heterocycles. The third-order valence-corrected chi connectivity index (χ3v) is 4.97. The number of aliphatic hydroxyl groups excluding tert-OH is 1. The molecule has 1 N–H and O–H groups in total. The van der Waals surface area contributed by atoms with E-state index in [0.29, 0.717) is 47.3 Å². The van der Waals surface area contributed by atoms with Gasteiger partial charge in [-0.05, 0) is 73.5 Å². The van der Waals surface area contributed by atoms with Crippen LogP contribution in [0, 0.1) is 0 Å². The molecule has 7 nitrogen and oxygen atoms in total. The zero-order chi connectivity index (χ0) is 26.1. The lowest BCUT2D eigenvalue weighted by Gasteiger charge is -2.12. The molecule has 0 aromatic heterocycles. The van der Waals surface area contributed by atoms with Crippen LogP contribution in [0.4, 0.5) is 0 Å². The van der Waals surface area contributed by atoms with E-state index in [0.717, 1.165) is 11.1 Å². The molecule has 7 heteroatoms. The highest BCUT2D eigenvalue weighted by molar-refractivity contribution is 5.89. The van der Waals surface area contributed by atoms with Gasteiger partial charge in [-0.15, -0.1) is 0 Å². The minimum atomic E-state index is -0.538. The maximum Gasteiger partial charge on any atom is 0.338 e. The topological polar surface area (TPSA) is 91.3 Å². The van der Waals surface area contributed by atoms with Gasteiger partial charge in [0, 0.05) is 16.7 Å². The predicted molar refractivity (Wildman–Crippen MR) is 136 cm³/mol. The van der Waals surface area contributed by atoms with Crippen LogP contribution >= 0.6 is 0 Å². The SMILES string of the molecule is C=C(C)C(=O)Oc1ccc(OCCOc2ccc(-c3ccc(OC(=O)C(=C)C)c(CO)c3)cc2)cc1. The Hall–Kier alpha value is -4.36. The highest BCUT2D eigenvalue weighted by atomic mass is 16.5. The Morgan fingerprint density at radius 3 is 1.69 bits per heavy atom. The normalized spacial score (nSPS) is 10.3. The molecule has 0 aliphatic carbocycles. The van der Waals surface area contributed by atoms with Gasteiger partial charge in [-0.25, -0.2) is 9.59 Å². The minimum Gasteiger partial charge on any atom is -0.490 e. The summed E-state index contributed by atoms with van der Waals surface area (Å²) in [5.41, 5.74) is 2.89. The fourth-order valence-electron chi connectivity index (χ4n) is 3.03. The molecule has 186 valence electrons. The molecule has 0 atom stereocenters. The largest absolute Gasteiger partial charge is 0.490 e. The number of ether oxygens (including phenoxy) is 4. The first kappa shape index (κ1) is 26.2. The van der Waals surface area contributed by atoms with Crippen molar-refractivity contribution in [1.82, 2.24) is 0 Å². The summed E-state index contributed by atoms with van der Waals surface area (Å²) in [7, 11) is 0. The van der Waals surface area contributed by atoms with Gasteiger partial charge in [-0.3, -0.25) is 0 Å². The molecule has 0 spiro atoms. The molecule has 3 aromatic carbocycles. The Kier molecular flexibility index (Phi) is 9.02. The third kappa shape index (κ3) is 7.32. The van der Waals surface area contributed by atoms with E-state index in [9.17, 15) is 14.7 Å². The van der Waals surface area contributed by atoms with Crippen LogP contribution in [0.3, 0.4) is 0 Å². The van der Waals surface area contributed by atoms with Gasteiger partial charge in [0.15, 0.2) is 0 Å². The first-order valence-electron chi connectivity index (χ1n) is 11.2. The Labute approximate surface area is 210 Å². The molecule has 0 radical (unpaired) electrons. The Balaban J connectivity index is 1.51. The van der Waals surface area contributed by atoms with E-state index in [1.54, 1.807) is 50.2 Å². The molecule has 3 aromatic rings. The molecule has 0 aliphatic rings. The van der Waals surface area contributed by atoms with Gasteiger partial charge >= 0.3 is 11.9 Å². The van der Waals surface area contributed by atoms with Crippen LogP contribution in [0.1, 0.15) is 19.4 Å². The lowest BCUT2D eigenvalue weighted by atomic mass is 10.0. The van der Waals surface area contributed by atoms with Gasteiger partial charge in [-0.2, -0.15) is 0 Å². The van der Waals surface area contributed by atoms with Crippen LogP contribution in [0.5, 0.6) is 23.0 Å². The summed E-state index contributed by atoms with van der Waals surface area (Å²) in [5.74, 6) is 1.01. The van der Waals surface area contributed by atoms with E-state index < -0.39 is 11.9 Å². The lowest BCUT2D eigenvalue weighted by Crippen LogP contribution is -2.10. The number of aliphatic hydroxyl groups is 1. The first-order chi connectivity index (χ1) is 17.3. The average molecular weight is 489 g/mol. The Morgan fingerprint density at radius 2 is 1.17 bits per heavy atom. The van der Waals surface area contributed by atoms with Crippen LogP contribution in [0.15, 0.2) is 91.0 Å². The van der Waals surface area contributed by atoms with Crippen molar-refractivity contribution in [2.45, 2.75) is 20.5 Å². The fourth-order valence-corrected chi connectivity index (χ4v) is 3.03. The molecule has 0 heterocycles. The van der Waals surface area contributed by atoms with E-state index in [1.165, 1.54) is 0 Å². The third-order valence-electron chi connectivity index (χ3n) is 4.97. The number of carbonyl (C=O) groups excluding carboxylic acids is 2. The van der Waals surface area contributed by atoms with Gasteiger partial charge in [0.1, 0.15) is 36.2 Å². The van der Waals surface area contributed by atoms with E-state index >= 15 is 0 Å². The molecule has 0 saturated carbocycles. The maximum absolute atomic E-state index is 11.8. The van der Waals surface area contributed by atoms with Gasteiger partial charge < -0.3 is 24.1 Å². The smallest absolute Gasteiger partial charge is 0.338 e. The van der Waals surface area contributed by atoms with Crippen molar-refractivity contribution in [3.8, 4) is 34.1 Å².